The minimum Gasteiger partial charge on any atom is -0.490 e. The highest BCUT2D eigenvalue weighted by atomic mass is 16.6. The largest absolute Gasteiger partial charge is 0.490 e. The number of amides is 2. The number of nitrogens with one attached hydrogen (secondary N) is 1. The van der Waals surface area contributed by atoms with Crippen LogP contribution < -0.4 is 20.7 Å². The molecule has 4 rings (SSSR count). The number of ether oxygens (including phenoxy) is 2. The van der Waals surface area contributed by atoms with Gasteiger partial charge in [-0.3, -0.25) is 9.69 Å². The van der Waals surface area contributed by atoms with Crippen LogP contribution in [0.3, 0.4) is 0 Å². The van der Waals surface area contributed by atoms with Gasteiger partial charge in [-0.05, 0) is 48.5 Å². The van der Waals surface area contributed by atoms with E-state index in [0.29, 0.717) is 29.2 Å². The topological polar surface area (TPSA) is 93.9 Å². The zero-order valence-electron chi connectivity index (χ0n) is 16.2. The average molecular weight is 403 g/mol. The van der Waals surface area contributed by atoms with E-state index in [9.17, 15) is 9.59 Å². The fourth-order valence-electron chi connectivity index (χ4n) is 3.12. The van der Waals surface area contributed by atoms with Crippen LogP contribution in [-0.2, 0) is 4.74 Å². The molecule has 3 N–H and O–H groups in total. The van der Waals surface area contributed by atoms with Crippen LogP contribution in [0.25, 0.3) is 0 Å². The van der Waals surface area contributed by atoms with Crippen molar-refractivity contribution in [3.05, 3.63) is 84.4 Å². The van der Waals surface area contributed by atoms with Gasteiger partial charge in [0.05, 0.1) is 17.9 Å². The van der Waals surface area contributed by atoms with E-state index >= 15 is 0 Å². The number of para-hydroxylation sites is 3. The Labute approximate surface area is 174 Å². The first kappa shape index (κ1) is 19.3. The summed E-state index contributed by atoms with van der Waals surface area (Å²) in [4.78, 5) is 26.2. The molecule has 0 radical (unpaired) electrons. The van der Waals surface area contributed by atoms with Crippen LogP contribution >= 0.6 is 0 Å². The lowest BCUT2D eigenvalue weighted by atomic mass is 10.1. The van der Waals surface area contributed by atoms with Crippen molar-refractivity contribution in [1.29, 1.82) is 0 Å². The molecule has 1 fully saturated rings. The van der Waals surface area contributed by atoms with Gasteiger partial charge in [0, 0.05) is 11.3 Å². The lowest BCUT2D eigenvalue weighted by molar-refractivity contribution is 0.102. The van der Waals surface area contributed by atoms with Crippen molar-refractivity contribution >= 4 is 29.1 Å². The van der Waals surface area contributed by atoms with Crippen LogP contribution in [0.15, 0.2) is 78.9 Å². The lowest BCUT2D eigenvalue weighted by Gasteiger charge is -2.14. The first-order valence-corrected chi connectivity index (χ1v) is 9.52. The number of rotatable bonds is 6. The highest BCUT2D eigenvalue weighted by Crippen LogP contribution is 2.24. The molecular formula is C23H21N3O4. The molecule has 0 spiro atoms. The third-order valence-electron chi connectivity index (χ3n) is 4.70. The number of carbonyl (C=O) groups excluding carboxylic acids is 2. The second kappa shape index (κ2) is 8.57. The highest BCUT2D eigenvalue weighted by molar-refractivity contribution is 6.06. The maximum Gasteiger partial charge on any atom is 0.414 e. The molecule has 0 saturated carbocycles. The first-order valence-electron chi connectivity index (χ1n) is 9.52. The quantitative estimate of drug-likeness (QED) is 0.609. The van der Waals surface area contributed by atoms with Crippen LogP contribution in [0.4, 0.5) is 21.9 Å². The molecule has 1 aliphatic heterocycles. The molecule has 1 heterocycles. The van der Waals surface area contributed by atoms with Crippen molar-refractivity contribution in [2.45, 2.75) is 6.10 Å². The van der Waals surface area contributed by atoms with E-state index < -0.39 is 6.09 Å². The van der Waals surface area contributed by atoms with Crippen molar-refractivity contribution in [1.82, 2.24) is 0 Å². The van der Waals surface area contributed by atoms with Crippen molar-refractivity contribution in [2.24, 2.45) is 0 Å². The number of nitrogens with two attached hydrogens (primary N) is 1. The van der Waals surface area contributed by atoms with Crippen LogP contribution in [0, 0.1) is 0 Å². The molecule has 1 unspecified atom stereocenters. The number of carbonyl (C=O) groups is 2. The van der Waals surface area contributed by atoms with Gasteiger partial charge in [0.25, 0.3) is 5.91 Å². The predicted octanol–water partition coefficient (Wildman–Crippen LogP) is 3.93. The molecule has 1 saturated heterocycles. The molecule has 7 nitrogen and oxygen atoms in total. The molecule has 30 heavy (non-hydrogen) atoms. The third-order valence-corrected chi connectivity index (χ3v) is 4.70. The summed E-state index contributed by atoms with van der Waals surface area (Å²) >= 11 is 0. The molecule has 3 aromatic rings. The van der Waals surface area contributed by atoms with E-state index in [2.05, 4.69) is 5.32 Å². The number of nitrogen functional groups attached to an aromatic ring is 1. The molecule has 0 aromatic heterocycles. The van der Waals surface area contributed by atoms with E-state index in [1.165, 1.54) is 4.90 Å². The van der Waals surface area contributed by atoms with Crippen molar-refractivity contribution in [3.8, 4) is 5.75 Å². The fourth-order valence-corrected chi connectivity index (χ4v) is 3.12. The Morgan fingerprint density at radius 2 is 1.73 bits per heavy atom. The van der Waals surface area contributed by atoms with Crippen LogP contribution in [-0.4, -0.2) is 31.3 Å². The second-order valence-electron chi connectivity index (χ2n) is 6.83. The second-order valence-corrected chi connectivity index (χ2v) is 6.83. The van der Waals surface area contributed by atoms with E-state index in [1.54, 1.807) is 48.5 Å². The Hall–Kier alpha value is -4.00. The van der Waals surface area contributed by atoms with Gasteiger partial charge in [0.2, 0.25) is 0 Å². The molecule has 0 aliphatic carbocycles. The van der Waals surface area contributed by atoms with Crippen molar-refractivity contribution in [2.75, 3.05) is 29.1 Å². The normalized spacial score (nSPS) is 15.5. The zero-order chi connectivity index (χ0) is 20.9. The number of hydrogen-bond acceptors (Lipinski definition) is 5. The van der Waals surface area contributed by atoms with Gasteiger partial charge in [0.15, 0.2) is 6.10 Å². The van der Waals surface area contributed by atoms with Crippen LogP contribution in [0.2, 0.25) is 0 Å². The first-order chi connectivity index (χ1) is 14.6. The Morgan fingerprint density at radius 1 is 1.03 bits per heavy atom. The summed E-state index contributed by atoms with van der Waals surface area (Å²) in [5, 5.41) is 2.78. The monoisotopic (exact) mass is 403 g/mol. The van der Waals surface area contributed by atoms with Gasteiger partial charge in [-0.25, -0.2) is 4.79 Å². The minimum absolute atomic E-state index is 0.269. The number of anilines is 3. The van der Waals surface area contributed by atoms with Crippen molar-refractivity contribution in [3.63, 3.8) is 0 Å². The Morgan fingerprint density at radius 3 is 2.47 bits per heavy atom. The van der Waals surface area contributed by atoms with E-state index in [1.807, 2.05) is 30.3 Å². The smallest absolute Gasteiger partial charge is 0.414 e. The van der Waals surface area contributed by atoms with E-state index in [4.69, 9.17) is 15.2 Å². The summed E-state index contributed by atoms with van der Waals surface area (Å²) in [5.74, 6) is 0.444. The lowest BCUT2D eigenvalue weighted by Crippen LogP contribution is -2.26. The maximum atomic E-state index is 12.4. The summed E-state index contributed by atoms with van der Waals surface area (Å²) in [6.45, 7) is 0.642. The SMILES string of the molecule is Nc1ccccc1NC(=O)c1ccc(N2CC(COc3ccccc3)OC2=O)cc1. The Bertz CT molecular complexity index is 1040. The van der Waals surface area contributed by atoms with Gasteiger partial charge < -0.3 is 20.5 Å². The number of nitrogens with zero attached hydrogens (tertiary/aromatic N) is 1. The zero-order valence-corrected chi connectivity index (χ0v) is 16.2. The number of benzene rings is 3. The van der Waals surface area contributed by atoms with Gasteiger partial charge in [-0.1, -0.05) is 30.3 Å². The minimum atomic E-state index is -0.439. The van der Waals surface area contributed by atoms with Gasteiger partial charge in [-0.2, -0.15) is 0 Å². The van der Waals surface area contributed by atoms with Crippen LogP contribution in [0.5, 0.6) is 5.75 Å². The summed E-state index contributed by atoms with van der Waals surface area (Å²) in [7, 11) is 0. The predicted molar refractivity (Wildman–Crippen MR) is 115 cm³/mol. The summed E-state index contributed by atoms with van der Waals surface area (Å²) < 4.78 is 11.1. The maximum absolute atomic E-state index is 12.4. The molecule has 0 bridgehead atoms. The van der Waals surface area contributed by atoms with E-state index in [-0.39, 0.29) is 18.6 Å². The van der Waals surface area contributed by atoms with Gasteiger partial charge in [-0.15, -0.1) is 0 Å². The number of cyclic esters (lactones) is 1. The summed E-state index contributed by atoms with van der Waals surface area (Å²) in [5.41, 5.74) is 8.01. The average Bonchev–Trinajstić information content (AvgIpc) is 3.15. The molecule has 1 atom stereocenters. The molecule has 3 aromatic carbocycles. The van der Waals surface area contributed by atoms with Gasteiger partial charge in [0.1, 0.15) is 12.4 Å². The summed E-state index contributed by atoms with van der Waals surface area (Å²) in [6, 6.07) is 23.2. The molecule has 152 valence electrons. The fraction of sp³-hybridized carbons (Fsp3) is 0.130. The summed E-state index contributed by atoms with van der Waals surface area (Å²) in [6.07, 6.45) is -0.812. The Balaban J connectivity index is 1.37. The molecule has 2 amide bonds. The van der Waals surface area contributed by atoms with E-state index in [0.717, 1.165) is 5.75 Å². The number of hydrogen-bond donors (Lipinski definition) is 2. The van der Waals surface area contributed by atoms with Gasteiger partial charge >= 0.3 is 6.09 Å². The Kier molecular flexibility index (Phi) is 5.52. The van der Waals surface area contributed by atoms with Crippen LogP contribution in [0.1, 0.15) is 10.4 Å². The molecule has 7 heteroatoms. The van der Waals surface area contributed by atoms with Crippen molar-refractivity contribution < 1.29 is 19.1 Å². The third kappa shape index (κ3) is 4.35. The molecule has 1 aliphatic rings. The standard InChI is InChI=1S/C23H21N3O4/c24-20-8-4-5-9-21(20)25-22(27)16-10-12-17(13-11-16)26-14-19(30-23(26)28)15-29-18-6-2-1-3-7-18/h1-13,19H,14-15,24H2,(H,25,27). The highest BCUT2D eigenvalue weighted by Gasteiger charge is 2.32. The molecular weight excluding hydrogens is 382 g/mol.